The molecule has 2 aliphatic rings. The molecule has 0 saturated heterocycles. The number of amides is 1. The Hall–Kier alpha value is -1.42. The van der Waals surface area contributed by atoms with Crippen molar-refractivity contribution in [3.8, 4) is 11.5 Å². The van der Waals surface area contributed by atoms with Gasteiger partial charge in [0.05, 0.1) is 5.56 Å². The number of fused-ring (bicyclic) bond motifs is 1. The number of hydrogen-bond acceptors (Lipinski definition) is 3. The third-order valence-corrected chi connectivity index (χ3v) is 4.73. The Morgan fingerprint density at radius 1 is 1.24 bits per heavy atom. The van der Waals surface area contributed by atoms with Gasteiger partial charge in [-0.1, -0.05) is 18.9 Å². The number of rotatable bonds is 3. The zero-order chi connectivity index (χ0) is 14.7. The van der Waals surface area contributed by atoms with Crippen LogP contribution in [0.3, 0.4) is 0 Å². The van der Waals surface area contributed by atoms with Gasteiger partial charge >= 0.3 is 0 Å². The van der Waals surface area contributed by atoms with Crippen molar-refractivity contribution in [3.63, 3.8) is 0 Å². The summed E-state index contributed by atoms with van der Waals surface area (Å²) in [4.78, 5) is 12.4. The van der Waals surface area contributed by atoms with Gasteiger partial charge in [-0.3, -0.25) is 4.79 Å². The van der Waals surface area contributed by atoms with Gasteiger partial charge in [-0.25, -0.2) is 0 Å². The van der Waals surface area contributed by atoms with Crippen molar-refractivity contribution in [1.82, 2.24) is 5.32 Å². The van der Waals surface area contributed by atoms with Crippen LogP contribution in [0.2, 0.25) is 0 Å². The van der Waals surface area contributed by atoms with E-state index in [0.29, 0.717) is 42.7 Å². The Morgan fingerprint density at radius 3 is 2.90 bits per heavy atom. The number of alkyl halides is 1. The van der Waals surface area contributed by atoms with Crippen molar-refractivity contribution in [1.29, 1.82) is 0 Å². The SMILES string of the molecule is O=C(NCC1CCCCC1Cl)c1cccc2c1OCCO2. The lowest BCUT2D eigenvalue weighted by atomic mass is 9.88. The molecule has 21 heavy (non-hydrogen) atoms. The Balaban J connectivity index is 1.65. The van der Waals surface area contributed by atoms with Crippen LogP contribution in [0.1, 0.15) is 36.0 Å². The van der Waals surface area contributed by atoms with Crippen LogP contribution in [0.4, 0.5) is 0 Å². The van der Waals surface area contributed by atoms with E-state index in [1.807, 2.05) is 12.1 Å². The van der Waals surface area contributed by atoms with Crippen LogP contribution in [0.25, 0.3) is 0 Å². The van der Waals surface area contributed by atoms with Gasteiger partial charge in [0.2, 0.25) is 0 Å². The summed E-state index contributed by atoms with van der Waals surface area (Å²) in [6.45, 7) is 1.62. The third-order valence-electron chi connectivity index (χ3n) is 4.15. The van der Waals surface area contributed by atoms with Gasteiger partial charge < -0.3 is 14.8 Å². The molecule has 0 aromatic heterocycles. The van der Waals surface area contributed by atoms with Crippen LogP contribution in [-0.2, 0) is 0 Å². The number of benzene rings is 1. The minimum Gasteiger partial charge on any atom is -0.486 e. The summed E-state index contributed by atoms with van der Waals surface area (Å²) in [7, 11) is 0. The summed E-state index contributed by atoms with van der Waals surface area (Å²) in [5, 5.41) is 3.16. The predicted molar refractivity (Wildman–Crippen MR) is 81.4 cm³/mol. The van der Waals surface area contributed by atoms with Crippen LogP contribution >= 0.6 is 11.6 Å². The number of carbonyl (C=O) groups excluding carboxylic acids is 1. The van der Waals surface area contributed by atoms with Crippen molar-refractivity contribution in [2.45, 2.75) is 31.1 Å². The molecule has 1 fully saturated rings. The van der Waals surface area contributed by atoms with E-state index in [2.05, 4.69) is 5.32 Å². The van der Waals surface area contributed by atoms with E-state index in [1.165, 1.54) is 12.8 Å². The summed E-state index contributed by atoms with van der Waals surface area (Å²) in [6, 6.07) is 5.40. The number of ether oxygens (including phenoxy) is 2. The Morgan fingerprint density at radius 2 is 2.05 bits per heavy atom. The van der Waals surface area contributed by atoms with Gasteiger partial charge in [0.15, 0.2) is 11.5 Å². The Kier molecular flexibility index (Phi) is 4.54. The van der Waals surface area contributed by atoms with Gasteiger partial charge in [0, 0.05) is 11.9 Å². The maximum Gasteiger partial charge on any atom is 0.255 e. The minimum absolute atomic E-state index is 0.119. The summed E-state index contributed by atoms with van der Waals surface area (Å²) < 4.78 is 11.1. The van der Waals surface area contributed by atoms with E-state index in [0.717, 1.165) is 12.8 Å². The van der Waals surface area contributed by atoms with Crippen LogP contribution < -0.4 is 14.8 Å². The summed E-state index contributed by atoms with van der Waals surface area (Å²) in [5.74, 6) is 1.43. The van der Waals surface area contributed by atoms with Crippen LogP contribution in [-0.4, -0.2) is 31.0 Å². The molecule has 2 atom stereocenters. The van der Waals surface area contributed by atoms with E-state index in [1.54, 1.807) is 6.07 Å². The molecule has 1 aliphatic carbocycles. The van der Waals surface area contributed by atoms with E-state index >= 15 is 0 Å². The predicted octanol–water partition coefficient (Wildman–Crippen LogP) is 2.99. The monoisotopic (exact) mass is 309 g/mol. The fraction of sp³-hybridized carbons (Fsp3) is 0.562. The van der Waals surface area contributed by atoms with Gasteiger partial charge in [0.25, 0.3) is 5.91 Å². The first-order chi connectivity index (χ1) is 10.3. The van der Waals surface area contributed by atoms with Gasteiger partial charge in [-0.2, -0.15) is 0 Å². The molecule has 4 nitrogen and oxygen atoms in total. The average molecular weight is 310 g/mol. The second kappa shape index (κ2) is 6.56. The van der Waals surface area contributed by atoms with Crippen molar-refractivity contribution in [2.24, 2.45) is 5.92 Å². The second-order valence-electron chi connectivity index (χ2n) is 5.60. The largest absolute Gasteiger partial charge is 0.486 e. The molecule has 3 rings (SSSR count). The average Bonchev–Trinajstić information content (AvgIpc) is 2.53. The van der Waals surface area contributed by atoms with Crippen molar-refractivity contribution in [3.05, 3.63) is 23.8 Å². The zero-order valence-corrected chi connectivity index (χ0v) is 12.7. The highest BCUT2D eigenvalue weighted by Crippen LogP contribution is 2.33. The number of hydrogen-bond donors (Lipinski definition) is 1. The van der Waals surface area contributed by atoms with Crippen LogP contribution in [0, 0.1) is 5.92 Å². The molecule has 0 spiro atoms. The van der Waals surface area contributed by atoms with E-state index < -0.39 is 0 Å². The van der Waals surface area contributed by atoms with Gasteiger partial charge in [-0.05, 0) is 30.9 Å². The number of para-hydroxylation sites is 1. The lowest BCUT2D eigenvalue weighted by molar-refractivity contribution is 0.0933. The second-order valence-corrected chi connectivity index (χ2v) is 6.16. The standard InChI is InChI=1S/C16H20ClNO3/c17-13-6-2-1-4-11(13)10-18-16(19)12-5-3-7-14-15(12)21-9-8-20-14/h3,5,7,11,13H,1-2,4,6,8-10H2,(H,18,19). The van der Waals surface area contributed by atoms with Crippen molar-refractivity contribution in [2.75, 3.05) is 19.8 Å². The topological polar surface area (TPSA) is 47.6 Å². The van der Waals surface area contributed by atoms with E-state index in [4.69, 9.17) is 21.1 Å². The molecule has 1 aliphatic heterocycles. The molecule has 0 bridgehead atoms. The quantitative estimate of drug-likeness (QED) is 0.873. The van der Waals surface area contributed by atoms with Gasteiger partial charge in [0.1, 0.15) is 13.2 Å². The highest BCUT2D eigenvalue weighted by Gasteiger charge is 2.25. The molecule has 1 aromatic rings. The smallest absolute Gasteiger partial charge is 0.255 e. The zero-order valence-electron chi connectivity index (χ0n) is 11.9. The first-order valence-electron chi connectivity index (χ1n) is 7.56. The molecule has 1 amide bonds. The van der Waals surface area contributed by atoms with Crippen LogP contribution in [0.5, 0.6) is 11.5 Å². The fourth-order valence-electron chi connectivity index (χ4n) is 2.96. The molecule has 1 saturated carbocycles. The highest BCUT2D eigenvalue weighted by molar-refractivity contribution is 6.20. The molecule has 2 unspecified atom stereocenters. The van der Waals surface area contributed by atoms with E-state index in [-0.39, 0.29) is 11.3 Å². The maximum atomic E-state index is 12.4. The van der Waals surface area contributed by atoms with E-state index in [9.17, 15) is 4.79 Å². The Bertz CT molecular complexity index is 520. The molecule has 0 radical (unpaired) electrons. The molecule has 114 valence electrons. The van der Waals surface area contributed by atoms with Gasteiger partial charge in [-0.15, -0.1) is 11.6 Å². The maximum absolute atomic E-state index is 12.4. The fourth-order valence-corrected chi connectivity index (χ4v) is 3.33. The molecule has 1 heterocycles. The lowest BCUT2D eigenvalue weighted by Gasteiger charge is -2.27. The number of carbonyl (C=O) groups is 1. The lowest BCUT2D eigenvalue weighted by Crippen LogP contribution is -2.35. The molecule has 1 N–H and O–H groups in total. The highest BCUT2D eigenvalue weighted by atomic mass is 35.5. The molecule has 1 aromatic carbocycles. The van der Waals surface area contributed by atoms with Crippen molar-refractivity contribution >= 4 is 17.5 Å². The third kappa shape index (κ3) is 3.26. The summed E-state index contributed by atoms with van der Waals surface area (Å²) in [5.41, 5.74) is 0.536. The Labute approximate surface area is 129 Å². The molecular formula is C16H20ClNO3. The normalized spacial score (nSPS) is 24.4. The number of halogens is 1. The first-order valence-corrected chi connectivity index (χ1v) is 8.00. The van der Waals surface area contributed by atoms with Crippen LogP contribution in [0.15, 0.2) is 18.2 Å². The molecular weight excluding hydrogens is 290 g/mol. The first kappa shape index (κ1) is 14.5. The molecule has 5 heteroatoms. The number of nitrogens with one attached hydrogen (secondary N) is 1. The summed E-state index contributed by atoms with van der Waals surface area (Å²) in [6.07, 6.45) is 4.51. The minimum atomic E-state index is -0.119. The summed E-state index contributed by atoms with van der Waals surface area (Å²) >= 11 is 6.33. The van der Waals surface area contributed by atoms with Crippen molar-refractivity contribution < 1.29 is 14.3 Å².